The Balaban J connectivity index is 2.01. The van der Waals surface area contributed by atoms with Crippen LogP contribution in [0.3, 0.4) is 0 Å². The Labute approximate surface area is 106 Å². The second-order valence-corrected chi connectivity index (χ2v) is 4.91. The van der Waals surface area contributed by atoms with E-state index in [0.29, 0.717) is 6.54 Å². The zero-order valence-electron chi connectivity index (χ0n) is 10.8. The molecule has 0 atom stereocenters. The van der Waals surface area contributed by atoms with Crippen molar-refractivity contribution in [2.45, 2.75) is 31.8 Å². The van der Waals surface area contributed by atoms with Gasteiger partial charge in [-0.1, -0.05) is 11.6 Å². The standard InChI is InChI=1S/C14H18FNO2/c1-10-4-5-12(15)11(8-10)13(17)16-9-14(18-2)6-3-7-14/h4-5,8H,3,6-7,9H2,1-2H3,(H,16,17). The van der Waals surface area contributed by atoms with Crippen LogP contribution in [0.5, 0.6) is 0 Å². The molecule has 2 rings (SSSR count). The Morgan fingerprint density at radius 1 is 1.50 bits per heavy atom. The molecule has 3 nitrogen and oxygen atoms in total. The number of halogens is 1. The minimum Gasteiger partial charge on any atom is -0.376 e. The number of hydrogen-bond acceptors (Lipinski definition) is 2. The first-order valence-corrected chi connectivity index (χ1v) is 6.16. The lowest BCUT2D eigenvalue weighted by atomic mass is 9.80. The molecule has 18 heavy (non-hydrogen) atoms. The van der Waals surface area contributed by atoms with Gasteiger partial charge in [0.1, 0.15) is 5.82 Å². The number of ether oxygens (including phenoxy) is 1. The first kappa shape index (κ1) is 13.0. The van der Waals surface area contributed by atoms with E-state index >= 15 is 0 Å². The number of amides is 1. The first-order valence-electron chi connectivity index (χ1n) is 6.16. The second-order valence-electron chi connectivity index (χ2n) is 4.91. The summed E-state index contributed by atoms with van der Waals surface area (Å²) in [5.74, 6) is -0.863. The van der Waals surface area contributed by atoms with Crippen LogP contribution in [0.2, 0.25) is 0 Å². The third-order valence-electron chi connectivity index (χ3n) is 3.64. The summed E-state index contributed by atoms with van der Waals surface area (Å²) in [6.07, 6.45) is 3.00. The van der Waals surface area contributed by atoms with Crippen LogP contribution in [0.25, 0.3) is 0 Å². The summed E-state index contributed by atoms with van der Waals surface area (Å²) in [6, 6.07) is 4.53. The van der Waals surface area contributed by atoms with Gasteiger partial charge in [-0.3, -0.25) is 4.79 Å². The Morgan fingerprint density at radius 2 is 2.22 bits per heavy atom. The van der Waals surface area contributed by atoms with Gasteiger partial charge in [0.15, 0.2) is 0 Å². The highest BCUT2D eigenvalue weighted by Gasteiger charge is 2.37. The molecule has 1 aliphatic rings. The van der Waals surface area contributed by atoms with Crippen molar-refractivity contribution in [3.8, 4) is 0 Å². The molecule has 0 aromatic heterocycles. The molecule has 1 aliphatic carbocycles. The molecule has 1 aromatic carbocycles. The quantitative estimate of drug-likeness (QED) is 0.892. The van der Waals surface area contributed by atoms with Gasteiger partial charge in [0.05, 0.1) is 11.2 Å². The van der Waals surface area contributed by atoms with Crippen molar-refractivity contribution in [3.63, 3.8) is 0 Å². The van der Waals surface area contributed by atoms with Crippen LogP contribution in [-0.4, -0.2) is 25.2 Å². The lowest BCUT2D eigenvalue weighted by molar-refractivity contribution is -0.0679. The lowest BCUT2D eigenvalue weighted by Gasteiger charge is -2.40. The zero-order chi connectivity index (χ0) is 13.2. The van der Waals surface area contributed by atoms with E-state index in [-0.39, 0.29) is 17.1 Å². The Bertz CT molecular complexity index is 450. The molecular formula is C14H18FNO2. The number of aryl methyl sites for hydroxylation is 1. The molecule has 1 fully saturated rings. The number of rotatable bonds is 4. The highest BCUT2D eigenvalue weighted by Crippen LogP contribution is 2.34. The molecule has 1 amide bonds. The van der Waals surface area contributed by atoms with Gasteiger partial charge < -0.3 is 10.1 Å². The van der Waals surface area contributed by atoms with Crippen LogP contribution in [0.1, 0.15) is 35.2 Å². The van der Waals surface area contributed by atoms with Gasteiger partial charge in [0, 0.05) is 13.7 Å². The van der Waals surface area contributed by atoms with E-state index < -0.39 is 5.82 Å². The van der Waals surface area contributed by atoms with E-state index in [4.69, 9.17) is 4.74 Å². The van der Waals surface area contributed by atoms with E-state index in [2.05, 4.69) is 5.32 Å². The van der Waals surface area contributed by atoms with Crippen molar-refractivity contribution in [1.82, 2.24) is 5.32 Å². The van der Waals surface area contributed by atoms with Gasteiger partial charge in [-0.05, 0) is 38.3 Å². The molecule has 0 unspecified atom stereocenters. The number of carbonyl (C=O) groups is 1. The largest absolute Gasteiger partial charge is 0.376 e. The summed E-state index contributed by atoms with van der Waals surface area (Å²) in [7, 11) is 1.65. The number of benzene rings is 1. The predicted octanol–water partition coefficient (Wildman–Crippen LogP) is 2.43. The van der Waals surface area contributed by atoms with Gasteiger partial charge >= 0.3 is 0 Å². The van der Waals surface area contributed by atoms with Crippen molar-refractivity contribution in [1.29, 1.82) is 0 Å². The van der Waals surface area contributed by atoms with E-state index in [0.717, 1.165) is 24.8 Å². The third kappa shape index (κ3) is 2.53. The molecule has 0 bridgehead atoms. The maximum absolute atomic E-state index is 13.5. The van der Waals surface area contributed by atoms with Crippen LogP contribution in [0, 0.1) is 12.7 Å². The normalized spacial score (nSPS) is 17.1. The monoisotopic (exact) mass is 251 g/mol. The fraction of sp³-hybridized carbons (Fsp3) is 0.500. The number of carbonyl (C=O) groups excluding carboxylic acids is 1. The lowest BCUT2D eigenvalue weighted by Crippen LogP contribution is -2.49. The van der Waals surface area contributed by atoms with Gasteiger partial charge in [-0.25, -0.2) is 4.39 Å². The maximum Gasteiger partial charge on any atom is 0.254 e. The molecule has 0 saturated heterocycles. The number of nitrogens with one attached hydrogen (secondary N) is 1. The van der Waals surface area contributed by atoms with Gasteiger partial charge in [-0.15, -0.1) is 0 Å². The third-order valence-corrected chi connectivity index (χ3v) is 3.64. The number of hydrogen-bond donors (Lipinski definition) is 1. The minimum atomic E-state index is -0.488. The average Bonchev–Trinajstić information content (AvgIpc) is 2.31. The summed E-state index contributed by atoms with van der Waals surface area (Å²) in [5.41, 5.74) is 0.725. The molecule has 0 aliphatic heterocycles. The van der Waals surface area contributed by atoms with Crippen LogP contribution in [0.15, 0.2) is 18.2 Å². The smallest absolute Gasteiger partial charge is 0.254 e. The highest BCUT2D eigenvalue weighted by molar-refractivity contribution is 5.94. The molecule has 0 spiro atoms. The Hall–Kier alpha value is -1.42. The SMILES string of the molecule is COC1(CNC(=O)c2cc(C)ccc2F)CCC1. The molecule has 1 saturated carbocycles. The number of methoxy groups -OCH3 is 1. The molecule has 1 N–H and O–H groups in total. The second kappa shape index (κ2) is 5.06. The fourth-order valence-corrected chi connectivity index (χ4v) is 2.17. The van der Waals surface area contributed by atoms with Crippen molar-refractivity contribution in [3.05, 3.63) is 35.1 Å². The Kier molecular flexibility index (Phi) is 3.66. The Morgan fingerprint density at radius 3 is 2.78 bits per heavy atom. The summed E-state index contributed by atoms with van der Waals surface area (Å²) in [5, 5.41) is 2.76. The van der Waals surface area contributed by atoms with Crippen molar-refractivity contribution in [2.24, 2.45) is 0 Å². The topological polar surface area (TPSA) is 38.3 Å². The summed E-state index contributed by atoms with van der Waals surface area (Å²) in [4.78, 5) is 11.9. The summed E-state index contributed by atoms with van der Waals surface area (Å²) < 4.78 is 18.9. The van der Waals surface area contributed by atoms with Gasteiger partial charge in [0.25, 0.3) is 5.91 Å². The first-order chi connectivity index (χ1) is 8.56. The maximum atomic E-state index is 13.5. The molecule has 98 valence electrons. The summed E-state index contributed by atoms with van der Waals surface area (Å²) >= 11 is 0. The summed E-state index contributed by atoms with van der Waals surface area (Å²) in [6.45, 7) is 2.27. The van der Waals surface area contributed by atoms with Crippen LogP contribution in [0.4, 0.5) is 4.39 Å². The fourth-order valence-electron chi connectivity index (χ4n) is 2.17. The van der Waals surface area contributed by atoms with E-state index in [1.165, 1.54) is 6.07 Å². The molecule has 0 heterocycles. The average molecular weight is 251 g/mol. The molecule has 4 heteroatoms. The van der Waals surface area contributed by atoms with Crippen LogP contribution >= 0.6 is 0 Å². The van der Waals surface area contributed by atoms with Crippen LogP contribution in [-0.2, 0) is 4.74 Å². The minimum absolute atomic E-state index is 0.0978. The van der Waals surface area contributed by atoms with E-state index in [9.17, 15) is 9.18 Å². The van der Waals surface area contributed by atoms with Gasteiger partial charge in [0.2, 0.25) is 0 Å². The molecule has 0 radical (unpaired) electrons. The van der Waals surface area contributed by atoms with Crippen molar-refractivity contribution < 1.29 is 13.9 Å². The molecule has 1 aromatic rings. The highest BCUT2D eigenvalue weighted by atomic mass is 19.1. The zero-order valence-corrected chi connectivity index (χ0v) is 10.8. The van der Waals surface area contributed by atoms with Crippen molar-refractivity contribution >= 4 is 5.91 Å². The molecular weight excluding hydrogens is 233 g/mol. The van der Waals surface area contributed by atoms with Gasteiger partial charge in [-0.2, -0.15) is 0 Å². The van der Waals surface area contributed by atoms with Crippen LogP contribution < -0.4 is 5.32 Å². The van der Waals surface area contributed by atoms with E-state index in [1.54, 1.807) is 19.2 Å². The predicted molar refractivity (Wildman–Crippen MR) is 67.1 cm³/mol. The van der Waals surface area contributed by atoms with Crippen molar-refractivity contribution in [2.75, 3.05) is 13.7 Å². The van der Waals surface area contributed by atoms with E-state index in [1.807, 2.05) is 6.92 Å².